The molecule has 3 N–H and O–H groups in total. The van der Waals surface area contributed by atoms with E-state index in [1.165, 1.54) is 0 Å². The van der Waals surface area contributed by atoms with E-state index in [1.54, 1.807) is 0 Å². The van der Waals surface area contributed by atoms with Gasteiger partial charge in [-0.2, -0.15) is 0 Å². The predicted molar refractivity (Wildman–Crippen MR) is 56.7 cm³/mol. The Morgan fingerprint density at radius 1 is 1.15 bits per heavy atom. The number of piperazine rings is 1. The van der Waals surface area contributed by atoms with Crippen molar-refractivity contribution in [1.29, 1.82) is 0 Å². The molecule has 3 heteroatoms. The highest BCUT2D eigenvalue weighted by molar-refractivity contribution is 4.83. The molecule has 0 aromatic heterocycles. The van der Waals surface area contributed by atoms with Crippen LogP contribution in [-0.2, 0) is 0 Å². The molecule has 1 fully saturated rings. The maximum Gasteiger partial charge on any atom is 0.0222 e. The van der Waals surface area contributed by atoms with Crippen LogP contribution in [0, 0.1) is 5.92 Å². The molecule has 78 valence electrons. The van der Waals surface area contributed by atoms with Gasteiger partial charge in [0.05, 0.1) is 0 Å². The van der Waals surface area contributed by atoms with Crippen molar-refractivity contribution in [1.82, 2.24) is 10.2 Å². The molecule has 0 aromatic carbocycles. The van der Waals surface area contributed by atoms with Gasteiger partial charge in [0.25, 0.3) is 0 Å². The monoisotopic (exact) mass is 185 g/mol. The van der Waals surface area contributed by atoms with E-state index in [9.17, 15) is 0 Å². The summed E-state index contributed by atoms with van der Waals surface area (Å²) in [7, 11) is 0. The molecule has 1 rings (SSSR count). The average molecular weight is 185 g/mol. The molecule has 13 heavy (non-hydrogen) atoms. The van der Waals surface area contributed by atoms with Crippen molar-refractivity contribution < 1.29 is 0 Å². The van der Waals surface area contributed by atoms with E-state index in [2.05, 4.69) is 31.0 Å². The Labute approximate surface area is 81.7 Å². The standard InChI is InChI=1S/C10H23N3/c1-8(2)10(11)9(3)13-6-4-12-5-7-13/h8-10,12H,4-7,11H2,1-3H3. The van der Waals surface area contributed by atoms with Crippen LogP contribution in [0.1, 0.15) is 20.8 Å². The van der Waals surface area contributed by atoms with Crippen LogP contribution in [0.3, 0.4) is 0 Å². The van der Waals surface area contributed by atoms with Crippen molar-refractivity contribution >= 4 is 0 Å². The van der Waals surface area contributed by atoms with Gasteiger partial charge in [0.1, 0.15) is 0 Å². The third-order valence-electron chi connectivity index (χ3n) is 3.05. The van der Waals surface area contributed by atoms with Gasteiger partial charge in [-0.1, -0.05) is 13.8 Å². The molecule has 0 aliphatic carbocycles. The maximum atomic E-state index is 6.13. The van der Waals surface area contributed by atoms with Gasteiger partial charge in [0.2, 0.25) is 0 Å². The van der Waals surface area contributed by atoms with Crippen LogP contribution in [0.25, 0.3) is 0 Å². The molecular weight excluding hydrogens is 162 g/mol. The van der Waals surface area contributed by atoms with Crippen molar-refractivity contribution in [3.8, 4) is 0 Å². The van der Waals surface area contributed by atoms with Crippen LogP contribution in [0.5, 0.6) is 0 Å². The first-order valence-electron chi connectivity index (χ1n) is 5.33. The number of nitrogens with one attached hydrogen (secondary N) is 1. The fraction of sp³-hybridized carbons (Fsp3) is 1.00. The quantitative estimate of drug-likeness (QED) is 0.663. The van der Waals surface area contributed by atoms with E-state index in [0.717, 1.165) is 26.2 Å². The normalized spacial score (nSPS) is 24.7. The molecular formula is C10H23N3. The molecule has 0 radical (unpaired) electrons. The number of nitrogens with zero attached hydrogens (tertiary/aromatic N) is 1. The lowest BCUT2D eigenvalue weighted by Gasteiger charge is -2.37. The molecule has 0 saturated carbocycles. The molecule has 0 spiro atoms. The second-order valence-electron chi connectivity index (χ2n) is 4.35. The number of nitrogens with two attached hydrogens (primary N) is 1. The van der Waals surface area contributed by atoms with E-state index < -0.39 is 0 Å². The molecule has 0 bridgehead atoms. The Hall–Kier alpha value is -0.120. The molecule has 1 aliphatic rings. The van der Waals surface area contributed by atoms with Gasteiger partial charge in [-0.3, -0.25) is 4.90 Å². The number of hydrogen-bond donors (Lipinski definition) is 2. The highest BCUT2D eigenvalue weighted by Gasteiger charge is 2.23. The van der Waals surface area contributed by atoms with Gasteiger partial charge in [-0.15, -0.1) is 0 Å². The van der Waals surface area contributed by atoms with Crippen molar-refractivity contribution in [3.05, 3.63) is 0 Å². The first-order valence-corrected chi connectivity index (χ1v) is 5.33. The Morgan fingerprint density at radius 2 is 1.69 bits per heavy atom. The summed E-state index contributed by atoms with van der Waals surface area (Å²) in [5.41, 5.74) is 6.13. The molecule has 0 aromatic rings. The van der Waals surface area contributed by atoms with Crippen molar-refractivity contribution in [2.75, 3.05) is 26.2 Å². The lowest BCUT2D eigenvalue weighted by molar-refractivity contribution is 0.147. The summed E-state index contributed by atoms with van der Waals surface area (Å²) in [6.07, 6.45) is 0. The van der Waals surface area contributed by atoms with Crippen LogP contribution < -0.4 is 11.1 Å². The summed E-state index contributed by atoms with van der Waals surface area (Å²) in [4.78, 5) is 2.49. The average Bonchev–Trinajstić information content (AvgIpc) is 2.17. The lowest BCUT2D eigenvalue weighted by Crippen LogP contribution is -2.54. The summed E-state index contributed by atoms with van der Waals surface area (Å²) in [5.74, 6) is 0.574. The second kappa shape index (κ2) is 4.94. The van der Waals surface area contributed by atoms with Gasteiger partial charge in [0, 0.05) is 38.3 Å². The van der Waals surface area contributed by atoms with E-state index >= 15 is 0 Å². The molecule has 2 atom stereocenters. The molecule has 2 unspecified atom stereocenters. The highest BCUT2D eigenvalue weighted by atomic mass is 15.2. The Balaban J connectivity index is 2.40. The van der Waals surface area contributed by atoms with Crippen LogP contribution >= 0.6 is 0 Å². The minimum atomic E-state index is 0.304. The summed E-state index contributed by atoms with van der Waals surface area (Å²) >= 11 is 0. The van der Waals surface area contributed by atoms with Gasteiger partial charge in [-0.25, -0.2) is 0 Å². The van der Waals surface area contributed by atoms with Gasteiger partial charge < -0.3 is 11.1 Å². The minimum absolute atomic E-state index is 0.304. The van der Waals surface area contributed by atoms with Crippen LogP contribution in [-0.4, -0.2) is 43.2 Å². The summed E-state index contributed by atoms with van der Waals surface area (Å²) in [6, 6.07) is 0.820. The molecule has 3 nitrogen and oxygen atoms in total. The third-order valence-corrected chi connectivity index (χ3v) is 3.05. The summed E-state index contributed by atoms with van der Waals surface area (Å²) in [6.45, 7) is 11.1. The van der Waals surface area contributed by atoms with Crippen LogP contribution in [0.2, 0.25) is 0 Å². The first-order chi connectivity index (χ1) is 6.13. The van der Waals surface area contributed by atoms with Crippen molar-refractivity contribution in [2.45, 2.75) is 32.9 Å². The zero-order valence-electron chi connectivity index (χ0n) is 9.09. The summed E-state index contributed by atoms with van der Waals surface area (Å²) < 4.78 is 0. The highest BCUT2D eigenvalue weighted by Crippen LogP contribution is 2.10. The third kappa shape index (κ3) is 2.93. The predicted octanol–water partition coefficient (Wildman–Crippen LogP) is 0.263. The lowest BCUT2D eigenvalue weighted by atomic mass is 9.97. The topological polar surface area (TPSA) is 41.3 Å². The molecule has 1 heterocycles. The zero-order valence-corrected chi connectivity index (χ0v) is 9.09. The fourth-order valence-corrected chi connectivity index (χ4v) is 1.89. The molecule has 0 amide bonds. The van der Waals surface area contributed by atoms with E-state index in [-0.39, 0.29) is 0 Å². The minimum Gasteiger partial charge on any atom is -0.326 e. The van der Waals surface area contributed by atoms with Gasteiger partial charge >= 0.3 is 0 Å². The van der Waals surface area contributed by atoms with E-state index in [1.807, 2.05) is 0 Å². The zero-order chi connectivity index (χ0) is 9.84. The van der Waals surface area contributed by atoms with E-state index in [4.69, 9.17) is 5.73 Å². The largest absolute Gasteiger partial charge is 0.326 e. The van der Waals surface area contributed by atoms with Gasteiger partial charge in [-0.05, 0) is 12.8 Å². The summed E-state index contributed by atoms with van der Waals surface area (Å²) in [5, 5.41) is 3.36. The van der Waals surface area contributed by atoms with E-state index in [0.29, 0.717) is 18.0 Å². The molecule has 1 saturated heterocycles. The Kier molecular flexibility index (Phi) is 4.16. The second-order valence-corrected chi connectivity index (χ2v) is 4.35. The number of rotatable bonds is 3. The van der Waals surface area contributed by atoms with Gasteiger partial charge in [0.15, 0.2) is 0 Å². The number of hydrogen-bond acceptors (Lipinski definition) is 3. The van der Waals surface area contributed by atoms with Crippen molar-refractivity contribution in [3.63, 3.8) is 0 Å². The van der Waals surface area contributed by atoms with Crippen LogP contribution in [0.15, 0.2) is 0 Å². The SMILES string of the molecule is CC(C)C(N)C(C)N1CCNCC1. The van der Waals surface area contributed by atoms with Crippen molar-refractivity contribution in [2.24, 2.45) is 11.7 Å². The molecule has 1 aliphatic heterocycles. The Bertz CT molecular complexity index is 141. The smallest absolute Gasteiger partial charge is 0.0222 e. The first kappa shape index (κ1) is 11.0. The fourth-order valence-electron chi connectivity index (χ4n) is 1.89. The maximum absolute atomic E-state index is 6.13. The van der Waals surface area contributed by atoms with Crippen LogP contribution in [0.4, 0.5) is 0 Å². The Morgan fingerprint density at radius 3 is 2.15 bits per heavy atom.